The van der Waals surface area contributed by atoms with Gasteiger partial charge < -0.3 is 19.1 Å². The molecule has 158 valence electrons. The van der Waals surface area contributed by atoms with Gasteiger partial charge in [-0.1, -0.05) is 23.2 Å². The van der Waals surface area contributed by atoms with Crippen LogP contribution in [0, 0.1) is 0 Å². The molecule has 0 fully saturated rings. The number of aromatic nitrogens is 1. The molecule has 3 aromatic carbocycles. The van der Waals surface area contributed by atoms with Crippen LogP contribution in [0.25, 0.3) is 16.6 Å². The lowest BCUT2D eigenvalue weighted by Gasteiger charge is -2.13. The van der Waals surface area contributed by atoms with E-state index in [2.05, 4.69) is 0 Å². The van der Waals surface area contributed by atoms with E-state index in [-0.39, 0.29) is 11.8 Å². The first-order valence-electron chi connectivity index (χ1n) is 9.60. The predicted octanol–water partition coefficient (Wildman–Crippen LogP) is 7.22. The van der Waals surface area contributed by atoms with Crippen molar-refractivity contribution in [3.63, 3.8) is 0 Å². The molecule has 0 bridgehead atoms. The third-order valence-corrected chi connectivity index (χ3v) is 5.33. The van der Waals surface area contributed by atoms with Crippen molar-refractivity contribution in [3.05, 3.63) is 82.5 Å². The molecule has 0 aliphatic rings. The van der Waals surface area contributed by atoms with E-state index in [9.17, 15) is 9.90 Å². The predicted molar refractivity (Wildman–Crippen MR) is 123 cm³/mol. The number of aromatic carboxylic acids is 1. The van der Waals surface area contributed by atoms with Crippen LogP contribution in [0.3, 0.4) is 0 Å². The standard InChI is InChI=1S/C24H19Cl2NO4/c1-14(2)30-17-7-4-16(5-8-17)27-22-13-19(6-3-15(22)11-23(27)24(28)29)31-18-9-10-20(25)21(26)12-18/h3-14H,1-2H3,(H,28,29). The molecule has 4 aromatic rings. The lowest BCUT2D eigenvalue weighted by Crippen LogP contribution is -2.07. The number of hydrogen-bond donors (Lipinski definition) is 1. The van der Waals surface area contributed by atoms with Gasteiger partial charge in [0.05, 0.1) is 21.7 Å². The molecule has 0 aliphatic heterocycles. The average molecular weight is 456 g/mol. The number of carboxylic acids is 1. The molecule has 5 nitrogen and oxygen atoms in total. The third-order valence-electron chi connectivity index (χ3n) is 4.59. The minimum atomic E-state index is -1.02. The van der Waals surface area contributed by atoms with Gasteiger partial charge in [-0.2, -0.15) is 0 Å². The second-order valence-corrected chi connectivity index (χ2v) is 8.04. The molecule has 0 aliphatic carbocycles. The van der Waals surface area contributed by atoms with Crippen molar-refractivity contribution in [3.8, 4) is 22.9 Å². The van der Waals surface area contributed by atoms with Crippen LogP contribution in [-0.4, -0.2) is 21.7 Å². The molecule has 0 atom stereocenters. The zero-order valence-corrected chi connectivity index (χ0v) is 18.3. The van der Waals surface area contributed by atoms with Crippen LogP contribution in [0.2, 0.25) is 10.0 Å². The maximum Gasteiger partial charge on any atom is 0.352 e. The summed E-state index contributed by atoms with van der Waals surface area (Å²) in [7, 11) is 0. The summed E-state index contributed by atoms with van der Waals surface area (Å²) in [6.07, 6.45) is 0.0499. The van der Waals surface area contributed by atoms with E-state index in [0.29, 0.717) is 32.7 Å². The zero-order valence-electron chi connectivity index (χ0n) is 16.8. The van der Waals surface area contributed by atoms with Crippen molar-refractivity contribution < 1.29 is 19.4 Å². The summed E-state index contributed by atoms with van der Waals surface area (Å²) in [5.74, 6) is 0.767. The van der Waals surface area contributed by atoms with Gasteiger partial charge in [0.25, 0.3) is 0 Å². The molecule has 7 heteroatoms. The van der Waals surface area contributed by atoms with Gasteiger partial charge in [-0.25, -0.2) is 4.79 Å². The summed E-state index contributed by atoms with van der Waals surface area (Å²) in [5.41, 5.74) is 1.56. The lowest BCUT2D eigenvalue weighted by atomic mass is 10.2. The van der Waals surface area contributed by atoms with Crippen molar-refractivity contribution >= 4 is 40.1 Å². The van der Waals surface area contributed by atoms with Crippen molar-refractivity contribution in [1.82, 2.24) is 4.57 Å². The highest BCUT2D eigenvalue weighted by Gasteiger charge is 2.17. The molecule has 0 unspecified atom stereocenters. The van der Waals surface area contributed by atoms with Gasteiger partial charge in [0.2, 0.25) is 0 Å². The van der Waals surface area contributed by atoms with E-state index in [1.54, 1.807) is 41.0 Å². The average Bonchev–Trinajstić information content (AvgIpc) is 3.10. The Morgan fingerprint density at radius 1 is 0.871 bits per heavy atom. The highest BCUT2D eigenvalue weighted by molar-refractivity contribution is 6.42. The van der Waals surface area contributed by atoms with Gasteiger partial charge in [0.1, 0.15) is 22.9 Å². The number of benzene rings is 3. The SMILES string of the molecule is CC(C)Oc1ccc(-n2c(C(=O)O)cc3ccc(Oc4ccc(Cl)c(Cl)c4)cc32)cc1. The van der Waals surface area contributed by atoms with E-state index in [1.165, 1.54) is 0 Å². The molecular weight excluding hydrogens is 437 g/mol. The first-order chi connectivity index (χ1) is 14.8. The van der Waals surface area contributed by atoms with Gasteiger partial charge in [-0.15, -0.1) is 0 Å². The van der Waals surface area contributed by atoms with Crippen molar-refractivity contribution in [2.75, 3.05) is 0 Å². The normalized spacial score (nSPS) is 11.1. The maximum absolute atomic E-state index is 11.9. The topological polar surface area (TPSA) is 60.7 Å². The van der Waals surface area contributed by atoms with Gasteiger partial charge in [0.15, 0.2) is 0 Å². The third kappa shape index (κ3) is 4.48. The highest BCUT2D eigenvalue weighted by atomic mass is 35.5. The number of carboxylic acid groups (broad SMARTS) is 1. The fourth-order valence-electron chi connectivity index (χ4n) is 3.30. The molecule has 0 radical (unpaired) electrons. The Balaban J connectivity index is 1.77. The number of hydrogen-bond acceptors (Lipinski definition) is 3. The Kier molecular flexibility index (Phi) is 5.81. The molecule has 0 spiro atoms. The molecule has 0 saturated heterocycles. The smallest absolute Gasteiger partial charge is 0.352 e. The zero-order chi connectivity index (χ0) is 22.1. The molecule has 4 rings (SSSR count). The molecule has 0 saturated carbocycles. The van der Waals surface area contributed by atoms with Crippen LogP contribution in [0.4, 0.5) is 0 Å². The van der Waals surface area contributed by atoms with Crippen molar-refractivity contribution in [1.29, 1.82) is 0 Å². The maximum atomic E-state index is 11.9. The highest BCUT2D eigenvalue weighted by Crippen LogP contribution is 2.33. The summed E-state index contributed by atoms with van der Waals surface area (Å²) in [5, 5.41) is 11.4. The van der Waals surface area contributed by atoms with E-state index in [1.807, 2.05) is 44.2 Å². The number of carbonyl (C=O) groups is 1. The van der Waals surface area contributed by atoms with E-state index < -0.39 is 5.97 Å². The van der Waals surface area contributed by atoms with Crippen LogP contribution in [0.5, 0.6) is 17.2 Å². The molecule has 1 aromatic heterocycles. The van der Waals surface area contributed by atoms with Gasteiger partial charge in [0, 0.05) is 23.2 Å². The van der Waals surface area contributed by atoms with Crippen molar-refractivity contribution in [2.45, 2.75) is 20.0 Å². The first kappa shape index (κ1) is 21.1. The lowest BCUT2D eigenvalue weighted by molar-refractivity contribution is 0.0688. The van der Waals surface area contributed by atoms with Gasteiger partial charge >= 0.3 is 5.97 Å². The Morgan fingerprint density at radius 3 is 2.16 bits per heavy atom. The largest absolute Gasteiger partial charge is 0.491 e. The number of ether oxygens (including phenoxy) is 2. The Labute approximate surface area is 189 Å². The van der Waals surface area contributed by atoms with E-state index >= 15 is 0 Å². The summed E-state index contributed by atoms with van der Waals surface area (Å²) in [6.45, 7) is 3.90. The fraction of sp³-hybridized carbons (Fsp3) is 0.125. The number of nitrogens with zero attached hydrogens (tertiary/aromatic N) is 1. The summed E-state index contributed by atoms with van der Waals surface area (Å²) in [4.78, 5) is 11.9. The second kappa shape index (κ2) is 8.53. The summed E-state index contributed by atoms with van der Waals surface area (Å²) in [6, 6.07) is 19.3. The minimum Gasteiger partial charge on any atom is -0.491 e. The second-order valence-electron chi connectivity index (χ2n) is 7.23. The number of rotatable bonds is 6. The van der Waals surface area contributed by atoms with Crippen LogP contribution in [0.15, 0.2) is 66.7 Å². The van der Waals surface area contributed by atoms with Crippen LogP contribution in [-0.2, 0) is 0 Å². The quantitative estimate of drug-likeness (QED) is 0.333. The molecule has 1 N–H and O–H groups in total. The monoisotopic (exact) mass is 455 g/mol. The van der Waals surface area contributed by atoms with Crippen LogP contribution >= 0.6 is 23.2 Å². The minimum absolute atomic E-state index is 0.0499. The molecule has 1 heterocycles. The van der Waals surface area contributed by atoms with Crippen LogP contribution < -0.4 is 9.47 Å². The molecular formula is C24H19Cl2NO4. The Morgan fingerprint density at radius 2 is 1.52 bits per heavy atom. The van der Waals surface area contributed by atoms with Crippen molar-refractivity contribution in [2.24, 2.45) is 0 Å². The Hall–Kier alpha value is -3.15. The molecule has 31 heavy (non-hydrogen) atoms. The Bertz CT molecular complexity index is 1260. The first-order valence-corrected chi connectivity index (χ1v) is 10.4. The van der Waals surface area contributed by atoms with E-state index in [4.69, 9.17) is 32.7 Å². The van der Waals surface area contributed by atoms with Crippen LogP contribution in [0.1, 0.15) is 24.3 Å². The number of halogens is 2. The summed E-state index contributed by atoms with van der Waals surface area (Å²) < 4.78 is 13.3. The van der Waals surface area contributed by atoms with Gasteiger partial charge in [-0.3, -0.25) is 0 Å². The molecule has 0 amide bonds. The number of fused-ring (bicyclic) bond motifs is 1. The van der Waals surface area contributed by atoms with Gasteiger partial charge in [-0.05, 0) is 68.4 Å². The summed E-state index contributed by atoms with van der Waals surface area (Å²) >= 11 is 12.0. The fourth-order valence-corrected chi connectivity index (χ4v) is 3.59. The van der Waals surface area contributed by atoms with E-state index in [0.717, 1.165) is 11.1 Å².